The lowest BCUT2D eigenvalue weighted by Crippen LogP contribution is -1.98. The number of aryl methyl sites for hydroxylation is 3. The number of benzene rings is 7. The topological polar surface area (TPSA) is 35.6 Å². The van der Waals surface area contributed by atoms with Gasteiger partial charge in [-0.15, -0.1) is 22.7 Å². The predicted octanol–water partition coefficient (Wildman–Crippen LogP) is 14.6. The molecule has 0 aliphatic heterocycles. The molecule has 0 atom stereocenters. The minimum absolute atomic E-state index is 1.05. The van der Waals surface area contributed by atoms with Crippen molar-refractivity contribution in [2.75, 3.05) is 0 Å². The van der Waals surface area contributed by atoms with Gasteiger partial charge in [-0.1, -0.05) is 66.7 Å². The van der Waals surface area contributed by atoms with Crippen LogP contribution in [-0.2, 0) is 6.42 Å². The number of hydrogen-bond donors (Lipinski definition) is 0. The summed E-state index contributed by atoms with van der Waals surface area (Å²) in [5.41, 5.74) is 14.5. The first-order chi connectivity index (χ1) is 28.4. The normalized spacial score (nSPS) is 13.0. The van der Waals surface area contributed by atoms with Gasteiger partial charge in [0.15, 0.2) is 0 Å². The summed E-state index contributed by atoms with van der Waals surface area (Å²) >= 11 is 3.58. The highest BCUT2D eigenvalue weighted by Gasteiger charge is 2.26. The van der Waals surface area contributed by atoms with E-state index < -0.39 is 0 Å². The maximum Gasteiger partial charge on any atom is 0.124 e. The number of rotatable bonds is 4. The van der Waals surface area contributed by atoms with E-state index in [-0.39, 0.29) is 0 Å². The minimum Gasteiger partial charge on any atom is -0.313 e. The van der Waals surface area contributed by atoms with Crippen LogP contribution in [0.25, 0.3) is 103 Å². The molecule has 11 aromatic rings. The average molecular weight is 783 g/mol. The molecule has 0 fully saturated rings. The van der Waals surface area contributed by atoms with Crippen molar-refractivity contribution in [2.24, 2.45) is 0 Å². The Balaban J connectivity index is 1.11. The molecule has 0 radical (unpaired) electrons. The van der Waals surface area contributed by atoms with Gasteiger partial charge in [-0.05, 0) is 129 Å². The number of aromatic nitrogens is 4. The van der Waals surface area contributed by atoms with Crippen LogP contribution in [0.2, 0.25) is 0 Å². The van der Waals surface area contributed by atoms with Crippen molar-refractivity contribution < 1.29 is 0 Å². The van der Waals surface area contributed by atoms with E-state index in [1.54, 1.807) is 11.3 Å². The van der Waals surface area contributed by atoms with Gasteiger partial charge >= 0.3 is 0 Å². The predicted molar refractivity (Wildman–Crippen MR) is 249 cm³/mol. The lowest BCUT2D eigenvalue weighted by atomic mass is 9.89. The summed E-state index contributed by atoms with van der Waals surface area (Å²) in [6.45, 7) is 9.21. The zero-order valence-electron chi connectivity index (χ0n) is 32.7. The highest BCUT2D eigenvalue weighted by Crippen LogP contribution is 2.49. The maximum atomic E-state index is 5.00. The molecular formula is C52H38N4S2. The van der Waals surface area contributed by atoms with Crippen molar-refractivity contribution in [2.45, 2.75) is 40.5 Å². The van der Waals surface area contributed by atoms with E-state index in [1.807, 2.05) is 11.3 Å². The van der Waals surface area contributed by atoms with Gasteiger partial charge in [0.25, 0.3) is 0 Å². The quantitative estimate of drug-likeness (QED) is 0.167. The molecular weight excluding hydrogens is 745 g/mol. The second-order valence-corrected chi connectivity index (χ2v) is 17.8. The van der Waals surface area contributed by atoms with Gasteiger partial charge in [-0.3, -0.25) is 0 Å². The molecule has 4 nitrogen and oxygen atoms in total. The third-order valence-electron chi connectivity index (χ3n) is 12.7. The first-order valence-corrected chi connectivity index (χ1v) is 21.7. The SMILES string of the molecule is Cc1c(C)n(-c2ccc(-c3nc4c(s3)CCC=C4)cc2)c2c3ccccc3c3c4c(C)c(C)n(-c5ccc(-c6nc7ccccc7s6)cc5)c4c4ccccc4c3c12. The van der Waals surface area contributed by atoms with Crippen LogP contribution in [0.5, 0.6) is 0 Å². The standard InChI is InChI=1S/C52H38N4S2/c1-29-31(3)55(35-25-21-33(22-26-35)51-53-41-17-9-11-19-43(41)57-51)49-39-15-7-6-14-38(39)48-46-30(2)32(4)56(50(46)40-16-8-5-13-37(40)47(48)45(29)49)36-27-23-34(24-28-36)52-54-42-18-10-12-20-44(42)58-52/h5-11,13-19,21-28H,12,20H2,1-4H3. The van der Waals surface area contributed by atoms with Crippen molar-refractivity contribution in [1.82, 2.24) is 19.1 Å². The highest BCUT2D eigenvalue weighted by molar-refractivity contribution is 7.21. The van der Waals surface area contributed by atoms with Crippen LogP contribution in [0.15, 0.2) is 127 Å². The molecule has 58 heavy (non-hydrogen) atoms. The van der Waals surface area contributed by atoms with E-state index >= 15 is 0 Å². The smallest absolute Gasteiger partial charge is 0.124 e. The fraction of sp³-hybridized carbons (Fsp3) is 0.115. The fourth-order valence-electron chi connectivity index (χ4n) is 9.69. The molecule has 12 rings (SSSR count). The van der Waals surface area contributed by atoms with Crippen molar-refractivity contribution >= 4 is 93.1 Å². The van der Waals surface area contributed by atoms with Crippen LogP contribution in [0.3, 0.4) is 0 Å². The Bertz CT molecular complexity index is 3500. The van der Waals surface area contributed by atoms with E-state index in [2.05, 4.69) is 170 Å². The van der Waals surface area contributed by atoms with Gasteiger partial charge < -0.3 is 9.13 Å². The first-order valence-electron chi connectivity index (χ1n) is 20.1. The Kier molecular flexibility index (Phi) is 7.32. The number of allylic oxidation sites excluding steroid dienone is 1. The summed E-state index contributed by atoms with van der Waals surface area (Å²) in [6, 6.07) is 44.6. The molecule has 1 aliphatic rings. The molecule has 0 saturated carbocycles. The van der Waals surface area contributed by atoms with Crippen LogP contribution in [-0.4, -0.2) is 19.1 Å². The molecule has 0 amide bonds. The van der Waals surface area contributed by atoms with Gasteiger partial charge in [0.2, 0.25) is 0 Å². The molecule has 0 spiro atoms. The molecule has 4 heterocycles. The van der Waals surface area contributed by atoms with E-state index in [0.29, 0.717) is 0 Å². The number of fused-ring (bicyclic) bond motifs is 13. The van der Waals surface area contributed by atoms with Crippen LogP contribution in [0.1, 0.15) is 39.5 Å². The van der Waals surface area contributed by atoms with Crippen molar-refractivity contribution in [1.29, 1.82) is 0 Å². The Hall–Kier alpha value is -6.34. The molecule has 0 saturated heterocycles. The van der Waals surface area contributed by atoms with E-state index in [0.717, 1.165) is 45.3 Å². The lowest BCUT2D eigenvalue weighted by molar-refractivity contribution is 1.00. The molecule has 1 aliphatic carbocycles. The van der Waals surface area contributed by atoms with Crippen molar-refractivity contribution in [3.8, 4) is 32.5 Å². The van der Waals surface area contributed by atoms with E-state index in [1.165, 1.54) is 97.5 Å². The molecule has 0 bridgehead atoms. The highest BCUT2D eigenvalue weighted by atomic mass is 32.1. The number of para-hydroxylation sites is 1. The van der Waals surface area contributed by atoms with Gasteiger partial charge in [-0.2, -0.15) is 0 Å². The third-order valence-corrected chi connectivity index (χ3v) is 14.9. The summed E-state index contributed by atoms with van der Waals surface area (Å²) in [6.07, 6.45) is 6.60. The first kappa shape index (κ1) is 33.8. The average Bonchev–Trinajstić information content (AvgIpc) is 4.03. The second kappa shape index (κ2) is 12.6. The van der Waals surface area contributed by atoms with Crippen LogP contribution >= 0.6 is 22.7 Å². The van der Waals surface area contributed by atoms with Gasteiger partial charge in [0, 0.05) is 71.1 Å². The molecule has 4 aromatic heterocycles. The maximum absolute atomic E-state index is 5.00. The monoisotopic (exact) mass is 782 g/mol. The van der Waals surface area contributed by atoms with E-state index in [4.69, 9.17) is 9.97 Å². The van der Waals surface area contributed by atoms with Crippen LogP contribution in [0, 0.1) is 27.7 Å². The second-order valence-electron chi connectivity index (χ2n) is 15.7. The number of nitrogens with zero attached hydrogens (tertiary/aromatic N) is 4. The summed E-state index contributed by atoms with van der Waals surface area (Å²) in [5, 5.41) is 12.6. The van der Waals surface area contributed by atoms with Crippen molar-refractivity contribution in [3.63, 3.8) is 0 Å². The lowest BCUT2D eigenvalue weighted by Gasteiger charge is -2.17. The van der Waals surface area contributed by atoms with E-state index in [9.17, 15) is 0 Å². The van der Waals surface area contributed by atoms with Gasteiger partial charge in [-0.25, -0.2) is 9.97 Å². The summed E-state index contributed by atoms with van der Waals surface area (Å²) in [7, 11) is 0. The number of thiazole rings is 2. The molecule has 0 unspecified atom stereocenters. The third kappa shape index (κ3) is 4.73. The molecule has 7 aromatic carbocycles. The summed E-state index contributed by atoms with van der Waals surface area (Å²) in [4.78, 5) is 11.3. The van der Waals surface area contributed by atoms with Gasteiger partial charge in [0.05, 0.1) is 26.9 Å². The van der Waals surface area contributed by atoms with Gasteiger partial charge in [0.1, 0.15) is 10.0 Å². The molecule has 278 valence electrons. The zero-order chi connectivity index (χ0) is 38.8. The fourth-order valence-corrected chi connectivity index (χ4v) is 11.7. The number of hydrogen-bond acceptors (Lipinski definition) is 4. The Labute approximate surface area is 344 Å². The zero-order valence-corrected chi connectivity index (χ0v) is 34.4. The van der Waals surface area contributed by atoms with Crippen molar-refractivity contribution in [3.05, 3.63) is 160 Å². The van der Waals surface area contributed by atoms with Crippen LogP contribution < -0.4 is 0 Å². The summed E-state index contributed by atoms with van der Waals surface area (Å²) < 4.78 is 6.21. The summed E-state index contributed by atoms with van der Waals surface area (Å²) in [5.74, 6) is 0. The largest absolute Gasteiger partial charge is 0.313 e. The molecule has 0 N–H and O–H groups in total. The Morgan fingerprint density at radius 3 is 1.53 bits per heavy atom. The minimum atomic E-state index is 1.05. The Morgan fingerprint density at radius 1 is 0.500 bits per heavy atom. The molecule has 6 heteroatoms. The Morgan fingerprint density at radius 2 is 1.00 bits per heavy atom. The van der Waals surface area contributed by atoms with Crippen LogP contribution in [0.4, 0.5) is 0 Å².